The van der Waals surface area contributed by atoms with Gasteiger partial charge in [0.15, 0.2) is 10.1 Å². The van der Waals surface area contributed by atoms with E-state index in [9.17, 15) is 20.0 Å². The number of hydrogen-bond acceptors (Lipinski definition) is 8. The van der Waals surface area contributed by atoms with Gasteiger partial charge in [0.25, 0.3) is 5.91 Å². The van der Waals surface area contributed by atoms with Crippen molar-refractivity contribution in [3.63, 3.8) is 0 Å². The first kappa shape index (κ1) is 19.6. The summed E-state index contributed by atoms with van der Waals surface area (Å²) >= 11 is 6.39. The topological polar surface area (TPSA) is 102 Å². The van der Waals surface area contributed by atoms with E-state index in [4.69, 9.17) is 21.7 Å². The Morgan fingerprint density at radius 1 is 1.21 bits per heavy atom. The Morgan fingerprint density at radius 3 is 2.46 bits per heavy atom. The molecule has 2 aromatic rings. The molecule has 1 N–H and O–H groups in total. The Balaban J connectivity index is 1.97. The summed E-state index contributed by atoms with van der Waals surface area (Å²) in [6.07, 6.45) is 1.47. The molecule has 10 heteroatoms. The first-order valence-corrected chi connectivity index (χ1v) is 9.05. The molecule has 1 heterocycles. The van der Waals surface area contributed by atoms with Gasteiger partial charge in [0, 0.05) is 6.07 Å². The first-order valence-electron chi connectivity index (χ1n) is 7.83. The molecule has 3 rings (SSSR count). The molecular weight excluding hydrogens is 404 g/mol. The van der Waals surface area contributed by atoms with Crippen LogP contribution in [-0.4, -0.2) is 34.5 Å². The van der Waals surface area contributed by atoms with Crippen molar-refractivity contribution in [1.82, 2.24) is 0 Å². The zero-order valence-electron chi connectivity index (χ0n) is 14.7. The summed E-state index contributed by atoms with van der Waals surface area (Å²) in [6.45, 7) is 0. The van der Waals surface area contributed by atoms with Crippen LogP contribution in [-0.2, 0) is 4.79 Å². The van der Waals surface area contributed by atoms with Gasteiger partial charge in [0.05, 0.1) is 29.7 Å². The van der Waals surface area contributed by atoms with Gasteiger partial charge in [-0.3, -0.25) is 19.8 Å². The lowest BCUT2D eigenvalue weighted by Crippen LogP contribution is -2.27. The van der Waals surface area contributed by atoms with Crippen molar-refractivity contribution in [2.24, 2.45) is 0 Å². The second kappa shape index (κ2) is 7.87. The van der Waals surface area contributed by atoms with E-state index in [1.54, 1.807) is 31.4 Å². The minimum atomic E-state index is -0.724. The molecule has 8 nitrogen and oxygen atoms in total. The highest BCUT2D eigenvalue weighted by molar-refractivity contribution is 8.27. The molecular formula is C18H14N2O6S2. The van der Waals surface area contributed by atoms with E-state index in [2.05, 4.69) is 0 Å². The van der Waals surface area contributed by atoms with Crippen LogP contribution in [0.3, 0.4) is 0 Å². The molecule has 1 amide bonds. The normalized spacial score (nSPS) is 15.2. The summed E-state index contributed by atoms with van der Waals surface area (Å²) in [5.41, 5.74) is 0.397. The summed E-state index contributed by atoms with van der Waals surface area (Å²) in [5, 5.41) is 21.0. The number of aromatic hydroxyl groups is 1. The minimum absolute atomic E-state index is 0.0638. The van der Waals surface area contributed by atoms with Crippen molar-refractivity contribution >= 4 is 51.7 Å². The minimum Gasteiger partial charge on any atom is -0.500 e. The maximum atomic E-state index is 12.8. The van der Waals surface area contributed by atoms with Gasteiger partial charge in [-0.2, -0.15) is 0 Å². The van der Waals surface area contributed by atoms with E-state index in [1.807, 2.05) is 0 Å². The summed E-state index contributed by atoms with van der Waals surface area (Å²) in [5.74, 6) is -0.343. The van der Waals surface area contributed by atoms with E-state index < -0.39 is 16.4 Å². The van der Waals surface area contributed by atoms with E-state index in [-0.39, 0.29) is 11.7 Å². The lowest BCUT2D eigenvalue weighted by molar-refractivity contribution is -0.386. The maximum Gasteiger partial charge on any atom is 0.315 e. The number of phenolic OH excluding ortho intramolecular Hbond substituents is 1. The Morgan fingerprint density at radius 2 is 1.89 bits per heavy atom. The van der Waals surface area contributed by atoms with Crippen LogP contribution < -0.4 is 14.4 Å². The summed E-state index contributed by atoms with van der Waals surface area (Å²) in [6, 6.07) is 9.42. The highest BCUT2D eigenvalue weighted by atomic mass is 32.2. The molecule has 1 saturated heterocycles. The molecule has 2 aromatic carbocycles. The number of carbonyl (C=O) groups is 1. The number of thiocarbonyl (C=S) groups is 1. The lowest BCUT2D eigenvalue weighted by atomic mass is 10.1. The summed E-state index contributed by atoms with van der Waals surface area (Å²) in [4.78, 5) is 24.9. The van der Waals surface area contributed by atoms with Crippen LogP contribution in [0.5, 0.6) is 17.2 Å². The fourth-order valence-corrected chi connectivity index (χ4v) is 3.86. The van der Waals surface area contributed by atoms with E-state index in [1.165, 1.54) is 24.2 Å². The number of anilines is 1. The molecule has 0 atom stereocenters. The maximum absolute atomic E-state index is 12.8. The number of nitrogens with zero attached hydrogens (tertiary/aromatic N) is 2. The van der Waals surface area contributed by atoms with E-state index in [0.29, 0.717) is 26.2 Å². The molecule has 0 saturated carbocycles. The second-order valence-corrected chi connectivity index (χ2v) is 7.24. The lowest BCUT2D eigenvalue weighted by Gasteiger charge is -2.14. The molecule has 0 aliphatic carbocycles. The van der Waals surface area contributed by atoms with E-state index >= 15 is 0 Å². The van der Waals surface area contributed by atoms with Crippen LogP contribution in [0.15, 0.2) is 41.3 Å². The second-order valence-electron chi connectivity index (χ2n) is 5.56. The van der Waals surface area contributed by atoms with Gasteiger partial charge in [-0.15, -0.1) is 0 Å². The standard InChI is InChI=1S/C18H14N2O6S2/c1-25-12-5-3-11(4-6-12)19-17(22)15(28-18(19)27)9-10-7-13(20(23)24)16(21)14(8-10)26-2/h3-9,21H,1-2H3/b15-9+. The summed E-state index contributed by atoms with van der Waals surface area (Å²) < 4.78 is 10.4. The van der Waals surface area contributed by atoms with Crippen LogP contribution >= 0.6 is 24.0 Å². The molecule has 1 aliphatic rings. The van der Waals surface area contributed by atoms with Gasteiger partial charge in [-0.1, -0.05) is 24.0 Å². The Labute approximate surface area is 169 Å². The monoisotopic (exact) mass is 418 g/mol. The Hall–Kier alpha value is -3.11. The van der Waals surface area contributed by atoms with Crippen LogP contribution in [0, 0.1) is 10.1 Å². The number of thioether (sulfide) groups is 1. The number of amides is 1. The highest BCUT2D eigenvalue weighted by Gasteiger charge is 2.33. The first-order chi connectivity index (χ1) is 13.3. The molecule has 28 heavy (non-hydrogen) atoms. The van der Waals surface area contributed by atoms with Crippen molar-refractivity contribution in [2.45, 2.75) is 0 Å². The largest absolute Gasteiger partial charge is 0.500 e. The van der Waals surface area contributed by atoms with E-state index in [0.717, 1.165) is 17.8 Å². The zero-order chi connectivity index (χ0) is 20.4. The fraction of sp³-hybridized carbons (Fsp3) is 0.111. The van der Waals surface area contributed by atoms with Gasteiger partial charge >= 0.3 is 5.69 Å². The van der Waals surface area contributed by atoms with Crippen LogP contribution in [0.2, 0.25) is 0 Å². The number of phenols is 1. The number of methoxy groups -OCH3 is 2. The molecule has 0 spiro atoms. The SMILES string of the molecule is COc1ccc(N2C(=O)/C(=C\c3cc(OC)c(O)c([N+](=O)[O-])c3)SC2=S)cc1. The molecule has 0 unspecified atom stereocenters. The molecule has 1 fully saturated rings. The number of carbonyl (C=O) groups excluding carboxylic acids is 1. The van der Waals surface area contributed by atoms with Crippen molar-refractivity contribution in [2.75, 3.05) is 19.1 Å². The third-order valence-corrected chi connectivity index (χ3v) is 5.22. The third kappa shape index (κ3) is 3.64. The van der Waals surface area contributed by atoms with Crippen molar-refractivity contribution < 1.29 is 24.3 Å². The van der Waals surface area contributed by atoms with Gasteiger partial charge in [0.2, 0.25) is 5.75 Å². The van der Waals surface area contributed by atoms with Gasteiger partial charge in [-0.05, 0) is 42.0 Å². The van der Waals surface area contributed by atoms with Crippen LogP contribution in [0.4, 0.5) is 11.4 Å². The number of rotatable bonds is 5. The van der Waals surface area contributed by atoms with Crippen molar-refractivity contribution in [3.8, 4) is 17.2 Å². The average molecular weight is 418 g/mol. The fourth-order valence-electron chi connectivity index (χ4n) is 2.56. The zero-order valence-corrected chi connectivity index (χ0v) is 16.4. The quantitative estimate of drug-likeness (QED) is 0.339. The smallest absolute Gasteiger partial charge is 0.315 e. The molecule has 1 aliphatic heterocycles. The van der Waals surface area contributed by atoms with Gasteiger partial charge < -0.3 is 14.6 Å². The highest BCUT2D eigenvalue weighted by Crippen LogP contribution is 2.40. The van der Waals surface area contributed by atoms with Gasteiger partial charge in [0.1, 0.15) is 5.75 Å². The molecule has 0 aromatic heterocycles. The van der Waals surface area contributed by atoms with Gasteiger partial charge in [-0.25, -0.2) is 0 Å². The third-order valence-electron chi connectivity index (χ3n) is 3.92. The molecule has 144 valence electrons. The molecule has 0 radical (unpaired) electrons. The molecule has 0 bridgehead atoms. The number of hydrogen-bond donors (Lipinski definition) is 1. The summed E-state index contributed by atoms with van der Waals surface area (Å²) in [7, 11) is 2.83. The number of ether oxygens (including phenoxy) is 2. The Kier molecular flexibility index (Phi) is 5.52. The number of nitro groups is 1. The van der Waals surface area contributed by atoms with Crippen molar-refractivity contribution in [3.05, 3.63) is 57.0 Å². The number of benzene rings is 2. The predicted octanol–water partition coefficient (Wildman–Crippen LogP) is 3.72. The van der Waals surface area contributed by atoms with Crippen LogP contribution in [0.25, 0.3) is 6.08 Å². The predicted molar refractivity (Wildman–Crippen MR) is 110 cm³/mol. The van der Waals surface area contributed by atoms with Crippen molar-refractivity contribution in [1.29, 1.82) is 0 Å². The average Bonchev–Trinajstić information content (AvgIpc) is 2.96. The Bertz CT molecular complexity index is 1000. The van der Waals surface area contributed by atoms with Crippen LogP contribution in [0.1, 0.15) is 5.56 Å². The number of nitro benzene ring substituents is 1.